The fourth-order valence-corrected chi connectivity index (χ4v) is 9.93. The van der Waals surface area contributed by atoms with E-state index in [0.717, 1.165) is 63.2 Å². The number of aromatic nitrogens is 7. The Labute approximate surface area is 327 Å². The van der Waals surface area contributed by atoms with E-state index in [0.29, 0.717) is 54.8 Å². The van der Waals surface area contributed by atoms with Gasteiger partial charge in [0.25, 0.3) is 10.0 Å². The van der Waals surface area contributed by atoms with Crippen molar-refractivity contribution in [3.63, 3.8) is 0 Å². The highest BCUT2D eigenvalue weighted by atomic mass is 79.9. The van der Waals surface area contributed by atoms with Crippen LogP contribution in [0.3, 0.4) is 0 Å². The van der Waals surface area contributed by atoms with Crippen LogP contribution in [0.5, 0.6) is 0 Å². The summed E-state index contributed by atoms with van der Waals surface area (Å²) in [6, 6.07) is 15.7. The molecule has 0 atom stereocenters. The van der Waals surface area contributed by atoms with E-state index in [1.807, 2.05) is 25.1 Å². The monoisotopic (exact) mass is 819 g/mol. The van der Waals surface area contributed by atoms with Gasteiger partial charge in [0.05, 0.1) is 39.6 Å². The minimum absolute atomic E-state index is 0.0917. The SMILES string of the molecule is CC1(C(=O)c2c[nH]c3ncc(-c4cn(S(=O)(=O)c5ccccc5)c5ccccc45)nc23)CCCCC1.CC1(C(=O)c2c[nH]c3ncc(Br)nc23)CCCCC1. The van der Waals surface area contributed by atoms with Gasteiger partial charge in [0.15, 0.2) is 22.9 Å². The molecule has 0 radical (unpaired) electrons. The molecule has 0 saturated heterocycles. The molecule has 2 fully saturated rings. The molecule has 5 aromatic heterocycles. The Hall–Kier alpha value is -5.01. The highest BCUT2D eigenvalue weighted by molar-refractivity contribution is 9.10. The molecule has 2 aliphatic rings. The van der Waals surface area contributed by atoms with Gasteiger partial charge in [-0.05, 0) is 59.8 Å². The Kier molecular flexibility index (Phi) is 9.79. The van der Waals surface area contributed by atoms with Crippen molar-refractivity contribution in [2.45, 2.75) is 83.0 Å². The molecule has 11 nitrogen and oxygen atoms in total. The Bertz CT molecular complexity index is 2670. The summed E-state index contributed by atoms with van der Waals surface area (Å²) >= 11 is 3.31. The molecule has 282 valence electrons. The summed E-state index contributed by atoms with van der Waals surface area (Å²) in [5.41, 5.74) is 4.70. The molecule has 9 rings (SSSR count). The minimum atomic E-state index is -3.82. The van der Waals surface area contributed by atoms with Crippen LogP contribution in [-0.2, 0) is 10.0 Å². The second-order valence-electron chi connectivity index (χ2n) is 15.3. The number of fused-ring (bicyclic) bond motifs is 3. The van der Waals surface area contributed by atoms with Crippen molar-refractivity contribution in [2.24, 2.45) is 10.8 Å². The summed E-state index contributed by atoms with van der Waals surface area (Å²) in [4.78, 5) is 50.7. The van der Waals surface area contributed by atoms with Crippen LogP contribution in [0, 0.1) is 10.8 Å². The predicted octanol–water partition coefficient (Wildman–Crippen LogP) is 9.84. The molecule has 2 aromatic carbocycles. The fourth-order valence-electron chi connectivity index (χ4n) is 8.26. The number of hydrogen-bond donors (Lipinski definition) is 2. The van der Waals surface area contributed by atoms with E-state index < -0.39 is 15.4 Å². The average molecular weight is 821 g/mol. The topological polar surface area (TPSA) is 156 Å². The van der Waals surface area contributed by atoms with E-state index in [1.165, 1.54) is 10.4 Å². The van der Waals surface area contributed by atoms with E-state index in [9.17, 15) is 18.0 Å². The quantitative estimate of drug-likeness (QED) is 0.151. The summed E-state index contributed by atoms with van der Waals surface area (Å²) in [6.07, 6.45) is 18.8. The first-order valence-electron chi connectivity index (χ1n) is 18.8. The lowest BCUT2D eigenvalue weighted by molar-refractivity contribution is 0.0745. The number of para-hydroxylation sites is 1. The lowest BCUT2D eigenvalue weighted by atomic mass is 9.71. The van der Waals surface area contributed by atoms with Gasteiger partial charge in [-0.1, -0.05) is 88.8 Å². The van der Waals surface area contributed by atoms with Crippen molar-refractivity contribution in [2.75, 3.05) is 0 Å². The molecule has 5 heterocycles. The number of nitrogens with one attached hydrogen (secondary N) is 2. The molecule has 0 aliphatic heterocycles. The normalized spacial score (nSPS) is 16.9. The Morgan fingerprint density at radius 2 is 1.24 bits per heavy atom. The highest BCUT2D eigenvalue weighted by Gasteiger charge is 2.38. The molecule has 0 amide bonds. The maximum atomic E-state index is 13.6. The third-order valence-electron chi connectivity index (χ3n) is 11.5. The molecule has 13 heteroatoms. The summed E-state index contributed by atoms with van der Waals surface area (Å²) in [7, 11) is -3.82. The molecule has 7 aromatic rings. The second-order valence-corrected chi connectivity index (χ2v) is 17.9. The Morgan fingerprint density at radius 3 is 1.84 bits per heavy atom. The van der Waals surface area contributed by atoms with Gasteiger partial charge >= 0.3 is 0 Å². The zero-order chi connectivity index (χ0) is 38.4. The molecular formula is C42H42BrN7O4S. The predicted molar refractivity (Wildman–Crippen MR) is 216 cm³/mol. The summed E-state index contributed by atoms with van der Waals surface area (Å²) < 4.78 is 28.9. The van der Waals surface area contributed by atoms with Crippen LogP contribution in [0.2, 0.25) is 0 Å². The average Bonchev–Trinajstić information content (AvgIpc) is 3.94. The number of benzene rings is 2. The van der Waals surface area contributed by atoms with Crippen LogP contribution in [-0.4, -0.2) is 53.9 Å². The number of Topliss-reactive ketones (excluding diaryl/α,β-unsaturated/α-hetero) is 2. The molecule has 2 N–H and O–H groups in total. The standard InChI is InChI=1S/C28H26N4O3S.C14H16BrN3O/c1-28(14-8-3-9-15-28)26(33)21-16-29-27-25(21)31-23(17-30-27)22-18-32(24-13-7-6-12-20(22)24)36(34,35)19-10-4-2-5-11-19;1-14(5-3-2-4-6-14)12(19)9-7-16-13-11(9)18-10(15)8-17-13/h2,4-7,10-13,16-18H,3,8-9,14-15H2,1H3,(H,29,30);7-8H,2-6H2,1H3,(H,16,17). The minimum Gasteiger partial charge on any atom is -0.344 e. The van der Waals surface area contributed by atoms with Gasteiger partial charge in [-0.2, -0.15) is 0 Å². The summed E-state index contributed by atoms with van der Waals surface area (Å²) in [5.74, 6) is 0.292. The number of carbonyl (C=O) groups is 2. The Morgan fingerprint density at radius 1 is 0.709 bits per heavy atom. The molecule has 55 heavy (non-hydrogen) atoms. The number of hydrogen-bond acceptors (Lipinski definition) is 8. The van der Waals surface area contributed by atoms with Gasteiger partial charge in [-0.3, -0.25) is 9.59 Å². The van der Waals surface area contributed by atoms with Crippen LogP contribution in [0.15, 0.2) is 95.1 Å². The van der Waals surface area contributed by atoms with Crippen molar-refractivity contribution in [1.82, 2.24) is 33.9 Å². The zero-order valence-electron chi connectivity index (χ0n) is 30.8. The van der Waals surface area contributed by atoms with Gasteiger partial charge in [-0.25, -0.2) is 32.3 Å². The molecule has 2 aliphatic carbocycles. The molecular weight excluding hydrogens is 778 g/mol. The molecule has 0 bridgehead atoms. The summed E-state index contributed by atoms with van der Waals surface area (Å²) in [6.45, 7) is 4.13. The number of ketones is 2. The molecule has 0 spiro atoms. The van der Waals surface area contributed by atoms with Gasteiger partial charge in [0.1, 0.15) is 15.6 Å². The van der Waals surface area contributed by atoms with E-state index in [1.54, 1.807) is 67.4 Å². The van der Waals surface area contributed by atoms with Crippen molar-refractivity contribution < 1.29 is 18.0 Å². The van der Waals surface area contributed by atoms with Crippen LogP contribution >= 0.6 is 15.9 Å². The lowest BCUT2D eigenvalue weighted by Crippen LogP contribution is -2.30. The first-order chi connectivity index (χ1) is 26.5. The van der Waals surface area contributed by atoms with Gasteiger partial charge in [-0.15, -0.1) is 0 Å². The number of H-pyrrole nitrogens is 2. The number of rotatable bonds is 7. The van der Waals surface area contributed by atoms with E-state index in [2.05, 4.69) is 47.8 Å². The number of aromatic amines is 2. The molecule has 2 saturated carbocycles. The number of nitrogens with zero attached hydrogens (tertiary/aromatic N) is 5. The van der Waals surface area contributed by atoms with Crippen molar-refractivity contribution in [1.29, 1.82) is 0 Å². The van der Waals surface area contributed by atoms with Crippen molar-refractivity contribution in [3.05, 3.63) is 101 Å². The third-order valence-corrected chi connectivity index (χ3v) is 13.6. The first kappa shape index (κ1) is 36.9. The maximum Gasteiger partial charge on any atom is 0.268 e. The van der Waals surface area contributed by atoms with Gasteiger partial charge in [0, 0.05) is 40.4 Å². The van der Waals surface area contributed by atoms with E-state index >= 15 is 0 Å². The smallest absolute Gasteiger partial charge is 0.268 e. The Balaban J connectivity index is 0.000000189. The second kappa shape index (κ2) is 14.6. The van der Waals surface area contributed by atoms with E-state index in [-0.39, 0.29) is 21.9 Å². The van der Waals surface area contributed by atoms with Crippen LogP contribution < -0.4 is 0 Å². The highest BCUT2D eigenvalue weighted by Crippen LogP contribution is 2.41. The summed E-state index contributed by atoms with van der Waals surface area (Å²) in [5, 5.41) is 0.744. The van der Waals surface area contributed by atoms with Crippen LogP contribution in [0.25, 0.3) is 44.5 Å². The van der Waals surface area contributed by atoms with Gasteiger partial charge < -0.3 is 9.97 Å². The maximum absolute atomic E-state index is 13.6. The number of halogens is 1. The first-order valence-corrected chi connectivity index (χ1v) is 21.1. The van der Waals surface area contributed by atoms with Crippen molar-refractivity contribution >= 4 is 70.8 Å². The lowest BCUT2D eigenvalue weighted by Gasteiger charge is -2.31. The third kappa shape index (κ3) is 6.81. The largest absolute Gasteiger partial charge is 0.344 e. The van der Waals surface area contributed by atoms with Gasteiger partial charge in [0.2, 0.25) is 0 Å². The van der Waals surface area contributed by atoms with Crippen molar-refractivity contribution in [3.8, 4) is 11.3 Å². The molecule has 0 unspecified atom stereocenters. The zero-order valence-corrected chi connectivity index (χ0v) is 33.2. The van der Waals surface area contributed by atoms with Crippen LogP contribution in [0.1, 0.15) is 98.8 Å². The fraction of sp³-hybridized carbons (Fsp3) is 0.333. The van der Waals surface area contributed by atoms with E-state index in [4.69, 9.17) is 4.98 Å². The van der Waals surface area contributed by atoms with Crippen LogP contribution in [0.4, 0.5) is 0 Å². The number of carbonyl (C=O) groups excluding carboxylic acids is 2.